The summed E-state index contributed by atoms with van der Waals surface area (Å²) < 4.78 is 0. The predicted octanol–water partition coefficient (Wildman–Crippen LogP) is -0.296. The molecule has 86 valence electrons. The van der Waals surface area contributed by atoms with Crippen molar-refractivity contribution in [2.24, 2.45) is 0 Å². The van der Waals surface area contributed by atoms with E-state index in [1.54, 1.807) is 0 Å². The van der Waals surface area contributed by atoms with Crippen molar-refractivity contribution >= 4 is 11.7 Å². The first-order chi connectivity index (χ1) is 7.67. The Morgan fingerprint density at radius 3 is 2.75 bits per heavy atom. The molecule has 0 radical (unpaired) electrons. The van der Waals surface area contributed by atoms with Gasteiger partial charge in [-0.15, -0.1) is 0 Å². The van der Waals surface area contributed by atoms with Crippen LogP contribution >= 0.6 is 0 Å². The second-order valence-electron chi connectivity index (χ2n) is 4.00. The maximum atomic E-state index is 11.8. The summed E-state index contributed by atoms with van der Waals surface area (Å²) in [5, 5.41) is 11.7. The minimum atomic E-state index is -0.323. The third-order valence-corrected chi connectivity index (χ3v) is 2.76. The fourth-order valence-corrected chi connectivity index (χ4v) is 1.63. The van der Waals surface area contributed by atoms with Crippen LogP contribution in [-0.2, 0) is 0 Å². The van der Waals surface area contributed by atoms with Crippen molar-refractivity contribution in [2.45, 2.75) is 24.8 Å². The Morgan fingerprint density at radius 1 is 1.50 bits per heavy atom. The van der Waals surface area contributed by atoms with Crippen molar-refractivity contribution in [3.05, 3.63) is 18.1 Å². The molecule has 2 rings (SSSR count). The molecule has 4 N–H and O–H groups in total. The van der Waals surface area contributed by atoms with Crippen LogP contribution in [-0.4, -0.2) is 33.1 Å². The number of rotatable bonds is 4. The maximum absolute atomic E-state index is 11.8. The van der Waals surface area contributed by atoms with Gasteiger partial charge >= 0.3 is 0 Å². The third kappa shape index (κ3) is 2.11. The molecule has 0 spiro atoms. The zero-order valence-electron chi connectivity index (χ0n) is 8.81. The number of hydrogen-bond acceptors (Lipinski definition) is 5. The Bertz CT molecular complexity index is 404. The van der Waals surface area contributed by atoms with Crippen molar-refractivity contribution in [3.8, 4) is 0 Å². The quantitative estimate of drug-likeness (QED) is 0.649. The van der Waals surface area contributed by atoms with Crippen molar-refractivity contribution in [2.75, 3.05) is 12.3 Å². The monoisotopic (exact) mass is 222 g/mol. The molecule has 16 heavy (non-hydrogen) atoms. The van der Waals surface area contributed by atoms with Gasteiger partial charge in [-0.2, -0.15) is 0 Å². The Morgan fingerprint density at radius 2 is 2.19 bits per heavy atom. The van der Waals surface area contributed by atoms with Gasteiger partial charge in [0.25, 0.3) is 5.91 Å². The summed E-state index contributed by atoms with van der Waals surface area (Å²) in [5.41, 5.74) is 5.44. The van der Waals surface area contributed by atoms with E-state index in [1.165, 1.54) is 12.4 Å². The highest BCUT2D eigenvalue weighted by atomic mass is 16.3. The Hall–Kier alpha value is -1.69. The molecule has 1 aromatic heterocycles. The zero-order chi connectivity index (χ0) is 11.6. The highest BCUT2D eigenvalue weighted by Gasteiger charge is 2.43. The lowest BCUT2D eigenvalue weighted by Gasteiger charge is -2.15. The average Bonchev–Trinajstić information content (AvgIpc) is 2.99. The molecule has 6 nitrogen and oxygen atoms in total. The smallest absolute Gasteiger partial charge is 0.274 e. The predicted molar refractivity (Wildman–Crippen MR) is 57.6 cm³/mol. The molecule has 1 aromatic rings. The van der Waals surface area contributed by atoms with Crippen molar-refractivity contribution in [3.63, 3.8) is 0 Å². The van der Waals surface area contributed by atoms with Crippen LogP contribution < -0.4 is 11.1 Å². The first kappa shape index (κ1) is 10.8. The van der Waals surface area contributed by atoms with Crippen LogP contribution in [0, 0.1) is 0 Å². The van der Waals surface area contributed by atoms with Gasteiger partial charge in [-0.3, -0.25) is 4.79 Å². The minimum absolute atomic E-state index is 0.0657. The van der Waals surface area contributed by atoms with Crippen molar-refractivity contribution in [1.82, 2.24) is 15.3 Å². The van der Waals surface area contributed by atoms with E-state index in [0.717, 1.165) is 12.8 Å². The number of hydrogen-bond donors (Lipinski definition) is 3. The summed E-state index contributed by atoms with van der Waals surface area (Å²) in [4.78, 5) is 19.5. The zero-order valence-corrected chi connectivity index (χ0v) is 8.81. The average molecular weight is 222 g/mol. The lowest BCUT2D eigenvalue weighted by atomic mass is 10.2. The number of carbonyl (C=O) groups excluding carboxylic acids is 1. The van der Waals surface area contributed by atoms with Gasteiger partial charge < -0.3 is 16.2 Å². The maximum Gasteiger partial charge on any atom is 0.274 e. The molecular formula is C10H14N4O2. The molecule has 6 heteroatoms. The second-order valence-corrected chi connectivity index (χ2v) is 4.00. The second kappa shape index (κ2) is 4.05. The molecule has 0 bridgehead atoms. The van der Waals surface area contributed by atoms with E-state index in [-0.39, 0.29) is 29.6 Å². The fourth-order valence-electron chi connectivity index (χ4n) is 1.63. The normalized spacial score (nSPS) is 16.8. The molecule has 0 aromatic carbocycles. The number of nitrogen functional groups attached to an aromatic ring is 1. The fraction of sp³-hybridized carbons (Fsp3) is 0.500. The van der Waals surface area contributed by atoms with E-state index in [4.69, 9.17) is 10.8 Å². The van der Waals surface area contributed by atoms with Crippen LogP contribution in [0.4, 0.5) is 5.82 Å². The largest absolute Gasteiger partial charge is 0.396 e. The standard InChI is InChI=1S/C10H14N4O2/c11-8-7(12-4-5-13-8)9(16)14-10(1-2-10)3-6-15/h4-5,15H,1-3,6H2,(H2,11,13)(H,14,16). The first-order valence-corrected chi connectivity index (χ1v) is 5.17. The summed E-state index contributed by atoms with van der Waals surface area (Å²) in [6.45, 7) is 0.0657. The molecule has 0 aliphatic heterocycles. The van der Waals surface area contributed by atoms with Gasteiger partial charge in [-0.05, 0) is 19.3 Å². The molecule has 1 fully saturated rings. The topological polar surface area (TPSA) is 101 Å². The minimum Gasteiger partial charge on any atom is -0.396 e. The van der Waals surface area contributed by atoms with Crippen LogP contribution in [0.15, 0.2) is 12.4 Å². The SMILES string of the molecule is Nc1nccnc1C(=O)NC1(CCO)CC1. The Kier molecular flexibility index (Phi) is 2.74. The molecule has 1 amide bonds. The first-order valence-electron chi connectivity index (χ1n) is 5.17. The number of aromatic nitrogens is 2. The summed E-state index contributed by atoms with van der Waals surface area (Å²) >= 11 is 0. The van der Waals surface area contributed by atoms with Crippen LogP contribution in [0.1, 0.15) is 29.8 Å². The summed E-state index contributed by atoms with van der Waals surface area (Å²) in [7, 11) is 0. The summed E-state index contributed by atoms with van der Waals surface area (Å²) in [6, 6.07) is 0. The highest BCUT2D eigenvalue weighted by Crippen LogP contribution is 2.38. The number of aliphatic hydroxyl groups excluding tert-OH is 1. The van der Waals surface area contributed by atoms with Crippen molar-refractivity contribution < 1.29 is 9.90 Å². The van der Waals surface area contributed by atoms with Crippen LogP contribution in [0.2, 0.25) is 0 Å². The summed E-state index contributed by atoms with van der Waals surface area (Å²) in [5.74, 6) is -0.198. The highest BCUT2D eigenvalue weighted by molar-refractivity contribution is 5.96. The third-order valence-electron chi connectivity index (χ3n) is 2.76. The van der Waals surface area contributed by atoms with E-state index in [9.17, 15) is 4.79 Å². The lowest BCUT2D eigenvalue weighted by Crippen LogP contribution is -2.38. The van der Waals surface area contributed by atoms with Gasteiger partial charge in [0.2, 0.25) is 0 Å². The van der Waals surface area contributed by atoms with Gasteiger partial charge in [0, 0.05) is 24.5 Å². The molecule has 0 atom stereocenters. The molecule has 1 saturated carbocycles. The molecule has 0 saturated heterocycles. The number of nitrogens with zero attached hydrogens (tertiary/aromatic N) is 2. The number of anilines is 1. The van der Waals surface area contributed by atoms with E-state index in [0.29, 0.717) is 6.42 Å². The number of amides is 1. The Balaban J connectivity index is 2.07. The van der Waals surface area contributed by atoms with Crippen LogP contribution in [0.5, 0.6) is 0 Å². The molecule has 1 heterocycles. The number of aliphatic hydroxyl groups is 1. The number of carbonyl (C=O) groups is 1. The number of nitrogens with one attached hydrogen (secondary N) is 1. The van der Waals surface area contributed by atoms with Gasteiger partial charge in [-0.25, -0.2) is 9.97 Å². The van der Waals surface area contributed by atoms with E-state index in [2.05, 4.69) is 15.3 Å². The van der Waals surface area contributed by atoms with E-state index >= 15 is 0 Å². The lowest BCUT2D eigenvalue weighted by molar-refractivity contribution is 0.0919. The number of nitrogens with two attached hydrogens (primary N) is 1. The van der Waals surface area contributed by atoms with Crippen LogP contribution in [0.25, 0.3) is 0 Å². The van der Waals surface area contributed by atoms with E-state index in [1.807, 2.05) is 0 Å². The van der Waals surface area contributed by atoms with Gasteiger partial charge in [0.1, 0.15) is 0 Å². The molecule has 1 aliphatic carbocycles. The van der Waals surface area contributed by atoms with Gasteiger partial charge in [0.15, 0.2) is 11.5 Å². The molecule has 0 unspecified atom stereocenters. The van der Waals surface area contributed by atoms with Gasteiger partial charge in [-0.1, -0.05) is 0 Å². The van der Waals surface area contributed by atoms with Crippen molar-refractivity contribution in [1.29, 1.82) is 0 Å². The summed E-state index contributed by atoms with van der Waals surface area (Å²) in [6.07, 6.45) is 5.21. The van der Waals surface area contributed by atoms with Gasteiger partial charge in [0.05, 0.1) is 0 Å². The van der Waals surface area contributed by atoms with Crippen LogP contribution in [0.3, 0.4) is 0 Å². The molecular weight excluding hydrogens is 208 g/mol. The molecule has 1 aliphatic rings. The van der Waals surface area contributed by atoms with E-state index < -0.39 is 0 Å². The Labute approximate surface area is 92.9 Å².